The fourth-order valence-electron chi connectivity index (χ4n) is 2.11. The summed E-state index contributed by atoms with van der Waals surface area (Å²) in [6.45, 7) is 5.00. The van der Waals surface area contributed by atoms with Crippen LogP contribution in [0.3, 0.4) is 0 Å². The van der Waals surface area contributed by atoms with E-state index in [0.29, 0.717) is 5.82 Å². The van der Waals surface area contributed by atoms with Crippen LogP contribution in [0.1, 0.15) is 29.7 Å². The zero-order valence-corrected chi connectivity index (χ0v) is 10.7. The average Bonchev–Trinajstić information content (AvgIpc) is 2.38. The summed E-state index contributed by atoms with van der Waals surface area (Å²) in [6, 6.07) is 6.04. The maximum Gasteiger partial charge on any atom is 0.128 e. The van der Waals surface area contributed by atoms with Gasteiger partial charge in [0.15, 0.2) is 0 Å². The van der Waals surface area contributed by atoms with Crippen LogP contribution in [0.5, 0.6) is 0 Å². The SMILES string of the molecule is CCNC(c1ccncc1)c1c(C)ccnc1N. The maximum atomic E-state index is 6.02. The largest absolute Gasteiger partial charge is 0.383 e. The van der Waals surface area contributed by atoms with Crippen LogP contribution in [0.2, 0.25) is 0 Å². The summed E-state index contributed by atoms with van der Waals surface area (Å²) in [7, 11) is 0. The minimum atomic E-state index is 0.0618. The third kappa shape index (κ3) is 2.49. The smallest absolute Gasteiger partial charge is 0.128 e. The second-order valence-corrected chi connectivity index (χ2v) is 4.20. The first-order valence-corrected chi connectivity index (χ1v) is 6.08. The van der Waals surface area contributed by atoms with Crippen LogP contribution in [-0.2, 0) is 0 Å². The molecule has 2 aromatic rings. The molecule has 0 aliphatic carbocycles. The molecule has 1 unspecified atom stereocenters. The normalized spacial score (nSPS) is 12.3. The van der Waals surface area contributed by atoms with Gasteiger partial charge in [0.25, 0.3) is 0 Å². The number of hydrogen-bond donors (Lipinski definition) is 2. The Morgan fingerprint density at radius 1 is 1.22 bits per heavy atom. The van der Waals surface area contributed by atoms with Crippen molar-refractivity contribution in [1.82, 2.24) is 15.3 Å². The Kier molecular flexibility index (Phi) is 3.89. The Bertz CT molecular complexity index is 490. The molecule has 2 aromatic heterocycles. The van der Waals surface area contributed by atoms with Crippen molar-refractivity contribution in [2.45, 2.75) is 19.9 Å². The summed E-state index contributed by atoms with van der Waals surface area (Å²) in [4.78, 5) is 8.24. The number of nitrogens with one attached hydrogen (secondary N) is 1. The zero-order chi connectivity index (χ0) is 13.0. The van der Waals surface area contributed by atoms with E-state index >= 15 is 0 Å². The van der Waals surface area contributed by atoms with Gasteiger partial charge in [-0.15, -0.1) is 0 Å². The second-order valence-electron chi connectivity index (χ2n) is 4.20. The Hall–Kier alpha value is -1.94. The summed E-state index contributed by atoms with van der Waals surface area (Å²) in [5.41, 5.74) is 9.36. The van der Waals surface area contributed by atoms with Gasteiger partial charge in [-0.2, -0.15) is 0 Å². The van der Waals surface area contributed by atoms with Crippen LogP contribution in [-0.4, -0.2) is 16.5 Å². The maximum absolute atomic E-state index is 6.02. The fourth-order valence-corrected chi connectivity index (χ4v) is 2.11. The summed E-state index contributed by atoms with van der Waals surface area (Å²) in [5, 5.41) is 3.45. The monoisotopic (exact) mass is 242 g/mol. The summed E-state index contributed by atoms with van der Waals surface area (Å²) >= 11 is 0. The molecule has 0 fully saturated rings. The highest BCUT2D eigenvalue weighted by atomic mass is 14.9. The molecule has 94 valence electrons. The van der Waals surface area contributed by atoms with Crippen LogP contribution < -0.4 is 11.1 Å². The molecule has 18 heavy (non-hydrogen) atoms. The molecule has 0 saturated carbocycles. The van der Waals surface area contributed by atoms with Gasteiger partial charge in [-0.3, -0.25) is 4.98 Å². The van der Waals surface area contributed by atoms with Crippen LogP contribution >= 0.6 is 0 Å². The molecule has 2 rings (SSSR count). The number of anilines is 1. The quantitative estimate of drug-likeness (QED) is 0.861. The Labute approximate surface area is 107 Å². The molecule has 0 aromatic carbocycles. The van der Waals surface area contributed by atoms with E-state index < -0.39 is 0 Å². The van der Waals surface area contributed by atoms with Crippen molar-refractivity contribution in [3.63, 3.8) is 0 Å². The lowest BCUT2D eigenvalue weighted by Crippen LogP contribution is -2.24. The molecule has 4 heteroatoms. The van der Waals surface area contributed by atoms with Crippen molar-refractivity contribution in [1.29, 1.82) is 0 Å². The molecular weight excluding hydrogens is 224 g/mol. The average molecular weight is 242 g/mol. The number of aryl methyl sites for hydroxylation is 1. The van der Waals surface area contributed by atoms with Gasteiger partial charge in [0.1, 0.15) is 5.82 Å². The first-order chi connectivity index (χ1) is 8.74. The van der Waals surface area contributed by atoms with E-state index in [1.807, 2.05) is 18.2 Å². The molecule has 0 aliphatic heterocycles. The Balaban J connectivity index is 2.48. The van der Waals surface area contributed by atoms with Crippen LogP contribution in [0.25, 0.3) is 0 Å². The number of hydrogen-bond acceptors (Lipinski definition) is 4. The number of nitrogens with zero attached hydrogens (tertiary/aromatic N) is 2. The second kappa shape index (κ2) is 5.60. The van der Waals surface area contributed by atoms with Gasteiger partial charge in [0.2, 0.25) is 0 Å². The van der Waals surface area contributed by atoms with Crippen molar-refractivity contribution in [2.75, 3.05) is 12.3 Å². The molecule has 2 heterocycles. The number of pyridine rings is 2. The third-order valence-corrected chi connectivity index (χ3v) is 2.98. The minimum Gasteiger partial charge on any atom is -0.383 e. The first-order valence-electron chi connectivity index (χ1n) is 6.08. The molecular formula is C14H18N4. The van der Waals surface area contributed by atoms with Gasteiger partial charge in [0, 0.05) is 24.2 Å². The highest BCUT2D eigenvalue weighted by Crippen LogP contribution is 2.27. The van der Waals surface area contributed by atoms with Gasteiger partial charge < -0.3 is 11.1 Å². The molecule has 0 bridgehead atoms. The molecule has 0 spiro atoms. The van der Waals surface area contributed by atoms with E-state index in [0.717, 1.165) is 23.2 Å². The van der Waals surface area contributed by atoms with E-state index in [2.05, 4.69) is 29.1 Å². The number of nitrogens with two attached hydrogens (primary N) is 1. The topological polar surface area (TPSA) is 63.8 Å². The van der Waals surface area contributed by atoms with E-state index in [1.165, 1.54) is 0 Å². The van der Waals surface area contributed by atoms with Crippen molar-refractivity contribution in [3.05, 3.63) is 53.5 Å². The summed E-state index contributed by atoms with van der Waals surface area (Å²) in [5.74, 6) is 0.581. The van der Waals surface area contributed by atoms with E-state index in [4.69, 9.17) is 5.73 Å². The lowest BCUT2D eigenvalue weighted by Gasteiger charge is -2.21. The molecule has 0 aliphatic rings. The van der Waals surface area contributed by atoms with Gasteiger partial charge in [0.05, 0.1) is 6.04 Å². The molecule has 0 amide bonds. The van der Waals surface area contributed by atoms with Crippen LogP contribution in [0, 0.1) is 6.92 Å². The predicted octanol–water partition coefficient (Wildman–Crippen LogP) is 2.07. The van der Waals surface area contributed by atoms with Gasteiger partial charge in [-0.25, -0.2) is 4.98 Å². The molecule has 4 nitrogen and oxygen atoms in total. The molecule has 3 N–H and O–H groups in total. The van der Waals surface area contributed by atoms with Crippen molar-refractivity contribution >= 4 is 5.82 Å². The number of rotatable bonds is 4. The van der Waals surface area contributed by atoms with Crippen molar-refractivity contribution in [2.24, 2.45) is 0 Å². The first kappa shape index (κ1) is 12.5. The zero-order valence-electron chi connectivity index (χ0n) is 10.7. The van der Waals surface area contributed by atoms with E-state index in [1.54, 1.807) is 18.6 Å². The summed E-state index contributed by atoms with van der Waals surface area (Å²) < 4.78 is 0. The minimum absolute atomic E-state index is 0.0618. The molecule has 1 atom stereocenters. The number of aromatic nitrogens is 2. The lowest BCUT2D eigenvalue weighted by atomic mass is 9.96. The highest BCUT2D eigenvalue weighted by molar-refractivity contribution is 5.49. The predicted molar refractivity (Wildman–Crippen MR) is 73.1 cm³/mol. The fraction of sp³-hybridized carbons (Fsp3) is 0.286. The van der Waals surface area contributed by atoms with Crippen molar-refractivity contribution < 1.29 is 0 Å². The third-order valence-electron chi connectivity index (χ3n) is 2.98. The van der Waals surface area contributed by atoms with E-state index in [-0.39, 0.29) is 6.04 Å². The van der Waals surface area contributed by atoms with Crippen molar-refractivity contribution in [3.8, 4) is 0 Å². The Morgan fingerprint density at radius 2 is 1.94 bits per heavy atom. The Morgan fingerprint density at radius 3 is 2.56 bits per heavy atom. The van der Waals surface area contributed by atoms with E-state index in [9.17, 15) is 0 Å². The molecule has 0 radical (unpaired) electrons. The van der Waals surface area contributed by atoms with Gasteiger partial charge in [-0.1, -0.05) is 6.92 Å². The van der Waals surface area contributed by atoms with Crippen LogP contribution in [0.15, 0.2) is 36.8 Å². The van der Waals surface area contributed by atoms with Gasteiger partial charge in [-0.05, 0) is 42.8 Å². The summed E-state index contributed by atoms with van der Waals surface area (Å²) in [6.07, 6.45) is 5.33. The van der Waals surface area contributed by atoms with Gasteiger partial charge >= 0.3 is 0 Å². The standard InChI is InChI=1S/C14H18N4/c1-3-17-13(11-5-7-16-8-6-11)12-10(2)4-9-18-14(12)15/h4-9,13,17H,3H2,1-2H3,(H2,15,18). The highest BCUT2D eigenvalue weighted by Gasteiger charge is 2.18. The molecule has 0 saturated heterocycles. The lowest BCUT2D eigenvalue weighted by molar-refractivity contribution is 0.627. The van der Waals surface area contributed by atoms with Crippen LogP contribution in [0.4, 0.5) is 5.82 Å². The number of nitrogen functional groups attached to an aromatic ring is 1.